The molecule has 1 N–H and O–H groups in total. The van der Waals surface area contributed by atoms with Crippen LogP contribution < -0.4 is 5.43 Å². The minimum Gasteiger partial charge on any atom is -0.381 e. The molecule has 2 heterocycles. The molecular formula is C9H18N2O2. The zero-order valence-electron chi connectivity index (χ0n) is 8.00. The molecule has 0 aromatic rings. The summed E-state index contributed by atoms with van der Waals surface area (Å²) in [6.45, 7) is 6.65. The summed E-state index contributed by atoms with van der Waals surface area (Å²) in [5, 5.41) is 2.25. The molecule has 0 aromatic carbocycles. The third kappa shape index (κ3) is 2.91. The molecule has 0 spiro atoms. The van der Waals surface area contributed by atoms with Crippen LogP contribution in [0, 0.1) is 5.92 Å². The normalized spacial score (nSPS) is 30.9. The van der Waals surface area contributed by atoms with Crippen LogP contribution in [0.15, 0.2) is 0 Å². The van der Waals surface area contributed by atoms with Gasteiger partial charge in [0.25, 0.3) is 0 Å². The lowest BCUT2D eigenvalue weighted by Crippen LogP contribution is -2.47. The van der Waals surface area contributed by atoms with E-state index in [0.29, 0.717) is 5.92 Å². The fourth-order valence-corrected chi connectivity index (χ4v) is 1.72. The number of morpholine rings is 1. The number of ether oxygens (including phenoxy) is 2. The monoisotopic (exact) mass is 186 g/mol. The van der Waals surface area contributed by atoms with Crippen LogP contribution in [0.25, 0.3) is 0 Å². The minimum absolute atomic E-state index is 0.711. The van der Waals surface area contributed by atoms with Crippen molar-refractivity contribution in [3.8, 4) is 0 Å². The van der Waals surface area contributed by atoms with Crippen molar-refractivity contribution in [3.63, 3.8) is 0 Å². The molecule has 1 atom stereocenters. The Morgan fingerprint density at radius 1 is 1.15 bits per heavy atom. The Morgan fingerprint density at radius 3 is 2.69 bits per heavy atom. The van der Waals surface area contributed by atoms with Gasteiger partial charge >= 0.3 is 0 Å². The van der Waals surface area contributed by atoms with Gasteiger partial charge in [0.1, 0.15) is 0 Å². The maximum Gasteiger partial charge on any atom is 0.0608 e. The van der Waals surface area contributed by atoms with Gasteiger partial charge in [-0.1, -0.05) is 0 Å². The van der Waals surface area contributed by atoms with Gasteiger partial charge in [0.15, 0.2) is 0 Å². The van der Waals surface area contributed by atoms with E-state index in [2.05, 4.69) is 10.4 Å². The average molecular weight is 186 g/mol. The van der Waals surface area contributed by atoms with Crippen molar-refractivity contribution in [2.75, 3.05) is 46.1 Å². The molecule has 0 amide bonds. The van der Waals surface area contributed by atoms with Crippen LogP contribution in [0.1, 0.15) is 6.42 Å². The third-order valence-corrected chi connectivity index (χ3v) is 2.64. The zero-order valence-corrected chi connectivity index (χ0v) is 8.00. The summed E-state index contributed by atoms with van der Waals surface area (Å²) in [5.41, 5.74) is 3.44. The summed E-state index contributed by atoms with van der Waals surface area (Å²) in [4.78, 5) is 0. The van der Waals surface area contributed by atoms with Crippen LogP contribution in [-0.4, -0.2) is 51.1 Å². The molecule has 76 valence electrons. The van der Waals surface area contributed by atoms with Gasteiger partial charge in [0.2, 0.25) is 0 Å². The molecule has 2 rings (SSSR count). The van der Waals surface area contributed by atoms with Gasteiger partial charge in [0, 0.05) is 26.2 Å². The van der Waals surface area contributed by atoms with E-state index in [1.54, 1.807) is 0 Å². The molecule has 4 nitrogen and oxygen atoms in total. The molecule has 0 bridgehead atoms. The van der Waals surface area contributed by atoms with E-state index >= 15 is 0 Å². The molecule has 2 saturated heterocycles. The SMILES string of the molecule is C1CN(NCC2CCOC2)CCO1. The van der Waals surface area contributed by atoms with Crippen molar-refractivity contribution >= 4 is 0 Å². The van der Waals surface area contributed by atoms with Crippen LogP contribution in [0.5, 0.6) is 0 Å². The lowest BCUT2D eigenvalue weighted by Gasteiger charge is -2.28. The van der Waals surface area contributed by atoms with Gasteiger partial charge in [-0.15, -0.1) is 0 Å². The summed E-state index contributed by atoms with van der Waals surface area (Å²) in [6.07, 6.45) is 1.21. The minimum atomic E-state index is 0.711. The van der Waals surface area contributed by atoms with Gasteiger partial charge in [-0.25, -0.2) is 5.01 Å². The molecule has 0 aromatic heterocycles. The molecule has 0 saturated carbocycles. The summed E-state index contributed by atoms with van der Waals surface area (Å²) in [7, 11) is 0. The summed E-state index contributed by atoms with van der Waals surface area (Å²) >= 11 is 0. The van der Waals surface area contributed by atoms with Crippen LogP contribution >= 0.6 is 0 Å². The number of rotatable bonds is 3. The van der Waals surface area contributed by atoms with Crippen molar-refractivity contribution in [1.82, 2.24) is 10.4 Å². The van der Waals surface area contributed by atoms with Crippen molar-refractivity contribution in [2.24, 2.45) is 5.92 Å². The van der Waals surface area contributed by atoms with E-state index in [0.717, 1.165) is 46.1 Å². The highest BCUT2D eigenvalue weighted by Crippen LogP contribution is 2.10. The fourth-order valence-electron chi connectivity index (χ4n) is 1.72. The van der Waals surface area contributed by atoms with Crippen molar-refractivity contribution in [3.05, 3.63) is 0 Å². The standard InChI is InChI=1S/C9H18N2O2/c1-4-13-8-9(1)7-10-11-2-5-12-6-3-11/h9-10H,1-8H2. The quantitative estimate of drug-likeness (QED) is 0.665. The first-order valence-electron chi connectivity index (χ1n) is 5.09. The average Bonchev–Trinajstić information content (AvgIpc) is 2.69. The Morgan fingerprint density at radius 2 is 2.00 bits per heavy atom. The molecule has 2 fully saturated rings. The van der Waals surface area contributed by atoms with Gasteiger partial charge in [0.05, 0.1) is 19.8 Å². The Kier molecular flexibility index (Phi) is 3.55. The van der Waals surface area contributed by atoms with Crippen LogP contribution in [-0.2, 0) is 9.47 Å². The van der Waals surface area contributed by atoms with Gasteiger partial charge in [-0.2, -0.15) is 0 Å². The lowest BCUT2D eigenvalue weighted by molar-refractivity contribution is 0.00905. The first kappa shape index (κ1) is 9.40. The summed E-state index contributed by atoms with van der Waals surface area (Å²) < 4.78 is 10.6. The number of nitrogens with one attached hydrogen (secondary N) is 1. The Labute approximate surface area is 79.2 Å². The molecule has 4 heteroatoms. The van der Waals surface area contributed by atoms with Gasteiger partial charge < -0.3 is 9.47 Å². The van der Waals surface area contributed by atoms with E-state index in [1.165, 1.54) is 6.42 Å². The molecule has 13 heavy (non-hydrogen) atoms. The second-order valence-electron chi connectivity index (χ2n) is 3.69. The van der Waals surface area contributed by atoms with Crippen molar-refractivity contribution < 1.29 is 9.47 Å². The maximum absolute atomic E-state index is 5.31. The number of nitrogens with zero attached hydrogens (tertiary/aromatic N) is 1. The first-order valence-corrected chi connectivity index (χ1v) is 5.09. The Hall–Kier alpha value is -0.160. The zero-order chi connectivity index (χ0) is 8.93. The Balaban J connectivity index is 1.60. The van der Waals surface area contributed by atoms with E-state index in [9.17, 15) is 0 Å². The summed E-state index contributed by atoms with van der Waals surface area (Å²) in [5.74, 6) is 0.711. The smallest absolute Gasteiger partial charge is 0.0608 e. The second-order valence-corrected chi connectivity index (χ2v) is 3.69. The molecule has 1 unspecified atom stereocenters. The maximum atomic E-state index is 5.31. The van der Waals surface area contributed by atoms with Gasteiger partial charge in [-0.05, 0) is 12.3 Å². The highest BCUT2D eigenvalue weighted by atomic mass is 16.5. The first-order chi connectivity index (χ1) is 6.45. The van der Waals surface area contributed by atoms with E-state index in [4.69, 9.17) is 9.47 Å². The van der Waals surface area contributed by atoms with Gasteiger partial charge in [-0.3, -0.25) is 5.43 Å². The lowest BCUT2D eigenvalue weighted by atomic mass is 10.1. The van der Waals surface area contributed by atoms with Crippen molar-refractivity contribution in [1.29, 1.82) is 0 Å². The topological polar surface area (TPSA) is 33.7 Å². The molecule has 2 aliphatic heterocycles. The highest BCUT2D eigenvalue weighted by Gasteiger charge is 2.17. The predicted octanol–water partition coefficient (Wildman–Crippen LogP) is -0.140. The predicted molar refractivity (Wildman–Crippen MR) is 49.3 cm³/mol. The summed E-state index contributed by atoms with van der Waals surface area (Å²) in [6, 6.07) is 0. The highest BCUT2D eigenvalue weighted by molar-refractivity contribution is 4.67. The van der Waals surface area contributed by atoms with Crippen LogP contribution in [0.4, 0.5) is 0 Å². The number of hydrogen-bond acceptors (Lipinski definition) is 4. The molecule has 0 radical (unpaired) electrons. The van der Waals surface area contributed by atoms with Crippen LogP contribution in [0.3, 0.4) is 0 Å². The molecule has 0 aliphatic carbocycles. The van der Waals surface area contributed by atoms with Crippen LogP contribution in [0.2, 0.25) is 0 Å². The molecular weight excluding hydrogens is 168 g/mol. The van der Waals surface area contributed by atoms with E-state index < -0.39 is 0 Å². The number of hydrogen-bond donors (Lipinski definition) is 1. The van der Waals surface area contributed by atoms with Crippen molar-refractivity contribution in [2.45, 2.75) is 6.42 Å². The van der Waals surface area contributed by atoms with E-state index in [-0.39, 0.29) is 0 Å². The van der Waals surface area contributed by atoms with E-state index in [1.807, 2.05) is 0 Å². The fraction of sp³-hybridized carbons (Fsp3) is 1.00. The Bertz CT molecular complexity index is 143. The third-order valence-electron chi connectivity index (χ3n) is 2.64. The molecule has 2 aliphatic rings. The number of hydrazine groups is 1. The largest absolute Gasteiger partial charge is 0.381 e. The second kappa shape index (κ2) is 4.91.